The van der Waals surface area contributed by atoms with E-state index in [0.717, 1.165) is 25.9 Å². The highest BCUT2D eigenvalue weighted by Crippen LogP contribution is 2.20. The summed E-state index contributed by atoms with van der Waals surface area (Å²) in [6.07, 6.45) is 1.57. The smallest absolute Gasteiger partial charge is 0.263 e. The lowest BCUT2D eigenvalue weighted by Crippen LogP contribution is -2.53. The van der Waals surface area contributed by atoms with E-state index < -0.39 is 5.60 Å². The molecular formula is C18H26FN3O3. The summed E-state index contributed by atoms with van der Waals surface area (Å²) in [6, 6.07) is 5.66. The predicted molar refractivity (Wildman–Crippen MR) is 92.8 cm³/mol. The zero-order valence-corrected chi connectivity index (χ0v) is 15.0. The minimum Gasteiger partial charge on any atom is -0.478 e. The van der Waals surface area contributed by atoms with Gasteiger partial charge >= 0.3 is 0 Å². The van der Waals surface area contributed by atoms with Crippen molar-refractivity contribution in [3.63, 3.8) is 0 Å². The fourth-order valence-electron chi connectivity index (χ4n) is 2.72. The molecule has 1 aromatic carbocycles. The Morgan fingerprint density at radius 3 is 2.40 bits per heavy atom. The summed E-state index contributed by atoms with van der Waals surface area (Å²) >= 11 is 0. The zero-order valence-electron chi connectivity index (χ0n) is 15.0. The number of hydrogen-bond acceptors (Lipinski definition) is 4. The van der Waals surface area contributed by atoms with Gasteiger partial charge in [-0.25, -0.2) is 4.39 Å². The third-order valence-electron chi connectivity index (χ3n) is 4.30. The van der Waals surface area contributed by atoms with Crippen molar-refractivity contribution < 1.29 is 18.7 Å². The average molecular weight is 351 g/mol. The van der Waals surface area contributed by atoms with Gasteiger partial charge < -0.3 is 15.4 Å². The summed E-state index contributed by atoms with van der Waals surface area (Å²) in [5.41, 5.74) is -1.06. The Morgan fingerprint density at radius 1 is 1.24 bits per heavy atom. The van der Waals surface area contributed by atoms with E-state index in [9.17, 15) is 14.0 Å². The Labute approximate surface area is 147 Å². The van der Waals surface area contributed by atoms with Crippen LogP contribution < -0.4 is 15.4 Å². The van der Waals surface area contributed by atoms with Crippen molar-refractivity contribution in [1.82, 2.24) is 15.5 Å². The van der Waals surface area contributed by atoms with Crippen LogP contribution in [0.2, 0.25) is 0 Å². The second-order valence-electron chi connectivity index (χ2n) is 6.76. The minimum atomic E-state index is -1.06. The SMILES string of the molecule is CNC(=O)CN1CCC(NC(=O)C(C)(C)Oc2ccc(F)cc2)CC1. The van der Waals surface area contributed by atoms with Crippen molar-refractivity contribution >= 4 is 11.8 Å². The standard InChI is InChI=1S/C18H26FN3O3/c1-18(2,25-15-6-4-13(19)5-7-15)17(24)21-14-8-10-22(11-9-14)12-16(23)20-3/h4-7,14H,8-12H2,1-3H3,(H,20,23)(H,21,24). The molecule has 138 valence electrons. The van der Waals surface area contributed by atoms with Gasteiger partial charge in [0.1, 0.15) is 11.6 Å². The summed E-state index contributed by atoms with van der Waals surface area (Å²) in [7, 11) is 1.62. The van der Waals surface area contributed by atoms with E-state index >= 15 is 0 Å². The molecule has 2 N–H and O–H groups in total. The highest BCUT2D eigenvalue weighted by Gasteiger charge is 2.32. The molecule has 1 saturated heterocycles. The second-order valence-corrected chi connectivity index (χ2v) is 6.76. The van der Waals surface area contributed by atoms with Gasteiger partial charge in [0.15, 0.2) is 5.60 Å². The summed E-state index contributed by atoms with van der Waals surface area (Å²) in [4.78, 5) is 26.0. The van der Waals surface area contributed by atoms with Gasteiger partial charge in [0.2, 0.25) is 5.91 Å². The van der Waals surface area contributed by atoms with Gasteiger partial charge in [-0.15, -0.1) is 0 Å². The van der Waals surface area contributed by atoms with Crippen LogP contribution in [0.5, 0.6) is 5.75 Å². The largest absolute Gasteiger partial charge is 0.478 e. The molecule has 2 rings (SSSR count). The number of carbonyl (C=O) groups excluding carboxylic acids is 2. The van der Waals surface area contributed by atoms with Crippen LogP contribution in [0.15, 0.2) is 24.3 Å². The molecule has 0 aliphatic carbocycles. The van der Waals surface area contributed by atoms with Crippen molar-refractivity contribution in [3.8, 4) is 5.75 Å². The van der Waals surface area contributed by atoms with E-state index in [1.165, 1.54) is 24.3 Å². The third-order valence-corrected chi connectivity index (χ3v) is 4.30. The molecule has 0 atom stereocenters. The molecule has 0 unspecified atom stereocenters. The first-order valence-electron chi connectivity index (χ1n) is 8.48. The first-order valence-corrected chi connectivity index (χ1v) is 8.48. The van der Waals surface area contributed by atoms with Gasteiger partial charge in [0.05, 0.1) is 6.54 Å². The molecule has 1 fully saturated rings. The molecule has 2 amide bonds. The number of likely N-dealkylation sites (N-methyl/N-ethyl adjacent to an activating group) is 1. The molecule has 1 heterocycles. The lowest BCUT2D eigenvalue weighted by atomic mass is 10.0. The van der Waals surface area contributed by atoms with E-state index in [4.69, 9.17) is 4.74 Å². The number of hydrogen-bond donors (Lipinski definition) is 2. The van der Waals surface area contributed by atoms with Crippen LogP contribution in [0.1, 0.15) is 26.7 Å². The Kier molecular flexibility index (Phi) is 6.36. The normalized spacial score (nSPS) is 16.3. The van der Waals surface area contributed by atoms with Gasteiger partial charge in [-0.3, -0.25) is 14.5 Å². The van der Waals surface area contributed by atoms with Gasteiger partial charge in [0.25, 0.3) is 5.91 Å². The van der Waals surface area contributed by atoms with E-state index in [2.05, 4.69) is 15.5 Å². The van der Waals surface area contributed by atoms with Crippen molar-refractivity contribution in [2.24, 2.45) is 0 Å². The lowest BCUT2D eigenvalue weighted by molar-refractivity contribution is -0.135. The number of nitrogens with zero attached hydrogens (tertiary/aromatic N) is 1. The van der Waals surface area contributed by atoms with E-state index in [-0.39, 0.29) is 23.7 Å². The number of rotatable bonds is 6. The molecule has 0 saturated carbocycles. The van der Waals surface area contributed by atoms with Crippen LogP contribution in [0.4, 0.5) is 4.39 Å². The summed E-state index contributed by atoms with van der Waals surface area (Å²) in [6.45, 7) is 5.28. The van der Waals surface area contributed by atoms with Gasteiger partial charge in [-0.2, -0.15) is 0 Å². The molecule has 0 aromatic heterocycles. The second kappa shape index (κ2) is 8.29. The third kappa shape index (κ3) is 5.70. The van der Waals surface area contributed by atoms with Crippen molar-refractivity contribution in [1.29, 1.82) is 0 Å². The van der Waals surface area contributed by atoms with Crippen molar-refractivity contribution in [2.75, 3.05) is 26.7 Å². The molecule has 7 heteroatoms. The molecule has 6 nitrogen and oxygen atoms in total. The van der Waals surface area contributed by atoms with Crippen LogP contribution in [0.3, 0.4) is 0 Å². The number of benzene rings is 1. The molecule has 0 bridgehead atoms. The Bertz CT molecular complexity index is 596. The monoisotopic (exact) mass is 351 g/mol. The first-order chi connectivity index (χ1) is 11.8. The van der Waals surface area contributed by atoms with Gasteiger partial charge in [0, 0.05) is 26.2 Å². The molecule has 0 spiro atoms. The maximum Gasteiger partial charge on any atom is 0.263 e. The molecule has 1 aliphatic heterocycles. The predicted octanol–water partition coefficient (Wildman–Crippen LogP) is 1.31. The van der Waals surface area contributed by atoms with E-state index in [1.54, 1.807) is 20.9 Å². The molecular weight excluding hydrogens is 325 g/mol. The first kappa shape index (κ1) is 19.2. The molecule has 1 aromatic rings. The minimum absolute atomic E-state index is 0.00341. The maximum atomic E-state index is 13.0. The van der Waals surface area contributed by atoms with Crippen molar-refractivity contribution in [2.45, 2.75) is 38.3 Å². The number of nitrogens with one attached hydrogen (secondary N) is 2. The Morgan fingerprint density at radius 2 is 1.84 bits per heavy atom. The van der Waals surface area contributed by atoms with Crippen molar-refractivity contribution in [3.05, 3.63) is 30.1 Å². The fourth-order valence-corrected chi connectivity index (χ4v) is 2.72. The van der Waals surface area contributed by atoms with Crippen LogP contribution in [0, 0.1) is 5.82 Å². The quantitative estimate of drug-likeness (QED) is 0.811. The molecule has 0 radical (unpaired) electrons. The number of amides is 2. The maximum absolute atomic E-state index is 13.0. The summed E-state index contributed by atoms with van der Waals surface area (Å²) < 4.78 is 18.7. The molecule has 25 heavy (non-hydrogen) atoms. The van der Waals surface area contributed by atoms with Crippen LogP contribution in [-0.4, -0.2) is 55.0 Å². The van der Waals surface area contributed by atoms with Gasteiger partial charge in [-0.05, 0) is 51.0 Å². The number of halogens is 1. The topological polar surface area (TPSA) is 70.7 Å². The van der Waals surface area contributed by atoms with Gasteiger partial charge in [-0.1, -0.05) is 0 Å². The van der Waals surface area contributed by atoms with Crippen LogP contribution in [-0.2, 0) is 9.59 Å². The highest BCUT2D eigenvalue weighted by molar-refractivity contribution is 5.85. The summed E-state index contributed by atoms with van der Waals surface area (Å²) in [5.74, 6) is -0.113. The Balaban J connectivity index is 1.82. The number of ether oxygens (including phenoxy) is 1. The number of carbonyl (C=O) groups is 2. The fraction of sp³-hybridized carbons (Fsp3) is 0.556. The number of likely N-dealkylation sites (tertiary alicyclic amines) is 1. The zero-order chi connectivity index (χ0) is 18.4. The summed E-state index contributed by atoms with van der Waals surface area (Å²) in [5, 5.41) is 5.63. The Hall–Kier alpha value is -2.15. The highest BCUT2D eigenvalue weighted by atomic mass is 19.1. The van der Waals surface area contributed by atoms with Crippen LogP contribution in [0.25, 0.3) is 0 Å². The average Bonchev–Trinajstić information content (AvgIpc) is 2.58. The van der Waals surface area contributed by atoms with E-state index in [1.807, 2.05) is 0 Å². The van der Waals surface area contributed by atoms with Crippen LogP contribution >= 0.6 is 0 Å². The van der Waals surface area contributed by atoms with E-state index in [0.29, 0.717) is 12.3 Å². The lowest BCUT2D eigenvalue weighted by Gasteiger charge is -2.34. The number of piperidine rings is 1. The molecule has 1 aliphatic rings.